The largest absolute Gasteiger partial charge is 0.507 e. The van der Waals surface area contributed by atoms with Crippen LogP contribution in [0.4, 0.5) is 0 Å². The number of aromatic hydroxyl groups is 2. The van der Waals surface area contributed by atoms with Crippen LogP contribution in [-0.4, -0.2) is 24.7 Å². The van der Waals surface area contributed by atoms with Crippen LogP contribution in [0.2, 0.25) is 0 Å². The molecule has 9 aromatic rings. The van der Waals surface area contributed by atoms with Crippen LogP contribution in [0.15, 0.2) is 164 Å². The zero-order valence-electron chi connectivity index (χ0n) is 42.5. The number of nitrogens with zero attached hydrogens (tertiary/aromatic N) is 3. The molecule has 0 unspecified atom stereocenters. The SMILES string of the molecule is CC1(C)CCC(C)(C)c2cc3c(cc21)-c1cc(-c2ccccn2)c(-c2ccccc2O)cc1-c1cc2c(cc1-c1cc(-c4nccn4-c4ccccc4)c(-c4ccccc4O)cc1-3)C(C)(C)CCC2(C)C.[Pt]. The summed E-state index contributed by atoms with van der Waals surface area (Å²) in [5.74, 6) is 1.23. The van der Waals surface area contributed by atoms with E-state index in [1.165, 1.54) is 22.3 Å². The van der Waals surface area contributed by atoms with Gasteiger partial charge in [-0.05, 0) is 210 Å². The number of para-hydroxylation sites is 3. The first kappa shape index (κ1) is 47.5. The molecule has 3 aliphatic rings. The second-order valence-electron chi connectivity index (χ2n) is 23.0. The van der Waals surface area contributed by atoms with Crippen LogP contribution in [-0.2, 0) is 42.7 Å². The van der Waals surface area contributed by atoms with Gasteiger partial charge in [-0.3, -0.25) is 9.55 Å². The van der Waals surface area contributed by atoms with E-state index in [-0.39, 0.29) is 54.2 Å². The third-order valence-electron chi connectivity index (χ3n) is 16.7. The van der Waals surface area contributed by atoms with Gasteiger partial charge < -0.3 is 10.2 Å². The van der Waals surface area contributed by atoms with Crippen molar-refractivity contribution < 1.29 is 31.3 Å². The van der Waals surface area contributed by atoms with Crippen molar-refractivity contribution in [2.45, 2.75) is 103 Å². The molecule has 7 aromatic carbocycles. The maximum Gasteiger partial charge on any atom is 0.145 e. The van der Waals surface area contributed by atoms with E-state index in [1.807, 2.05) is 73.2 Å². The number of fused-ring (bicyclic) bond motifs is 10. The molecule has 12 rings (SSSR count). The van der Waals surface area contributed by atoms with E-state index in [1.54, 1.807) is 12.1 Å². The Kier molecular flexibility index (Phi) is 11.3. The Balaban J connectivity index is 0.00000560. The van der Waals surface area contributed by atoms with Crippen LogP contribution in [0.3, 0.4) is 0 Å². The molecule has 72 heavy (non-hydrogen) atoms. The number of hydrogen-bond acceptors (Lipinski definition) is 4. The van der Waals surface area contributed by atoms with E-state index in [0.29, 0.717) is 0 Å². The summed E-state index contributed by atoms with van der Waals surface area (Å²) in [7, 11) is 0. The summed E-state index contributed by atoms with van der Waals surface area (Å²) < 4.78 is 2.16. The molecule has 362 valence electrons. The molecular formula is C66H61N3O2Pt. The van der Waals surface area contributed by atoms with Gasteiger partial charge in [0.2, 0.25) is 0 Å². The zero-order chi connectivity index (χ0) is 49.2. The molecule has 2 N–H and O–H groups in total. The van der Waals surface area contributed by atoms with Crippen molar-refractivity contribution in [3.63, 3.8) is 0 Å². The molecule has 0 spiro atoms. The Labute approximate surface area is 439 Å². The molecule has 2 heterocycles. The molecule has 0 atom stereocenters. The Morgan fingerprint density at radius 1 is 0.361 bits per heavy atom. The third kappa shape index (κ3) is 7.61. The average Bonchev–Trinajstić information content (AvgIpc) is 3.86. The Bertz CT molecular complexity index is 3600. The number of phenols is 2. The number of phenolic OH excluding ortho intramolecular Hbond substituents is 2. The van der Waals surface area contributed by atoms with Crippen LogP contribution in [0.5, 0.6) is 11.5 Å². The number of aromatic nitrogens is 3. The van der Waals surface area contributed by atoms with Crippen LogP contribution in [0.25, 0.3) is 95.1 Å². The Hall–Kier alpha value is -6.81. The third-order valence-corrected chi connectivity index (χ3v) is 16.7. The van der Waals surface area contributed by atoms with Crippen molar-refractivity contribution in [2.24, 2.45) is 0 Å². The van der Waals surface area contributed by atoms with E-state index in [9.17, 15) is 10.2 Å². The molecule has 0 aliphatic heterocycles. The standard InChI is InChI=1S/C66H61N3O2.Pt/c1-63(2)26-28-66(7,8)58-39-52-48-35-54(62-68-30-31-69(62)40-18-10-9-11-19-40)44(42-21-13-15-24-61(42)71)33-46(48)50-37-56-57(65(5,6)27-25-64(56,3)4)38-51(50)47-34-53(59-22-16-17-29-67-59)43(41-20-12-14-23-60(41)70)32-45(47)49(52)36-55(58)63;/h9-24,29-39,70-71H,25-28H2,1-8H3;. The van der Waals surface area contributed by atoms with Gasteiger partial charge in [-0.2, -0.15) is 0 Å². The summed E-state index contributed by atoms with van der Waals surface area (Å²) in [6.07, 6.45) is 10.1. The molecule has 5 nitrogen and oxygen atoms in total. The van der Waals surface area contributed by atoms with Crippen LogP contribution in [0, 0.1) is 0 Å². The second-order valence-corrected chi connectivity index (χ2v) is 23.0. The van der Waals surface area contributed by atoms with E-state index in [2.05, 4.69) is 139 Å². The fourth-order valence-corrected chi connectivity index (χ4v) is 12.3. The van der Waals surface area contributed by atoms with Crippen molar-refractivity contribution >= 4 is 0 Å². The minimum absolute atomic E-state index is 0. The predicted molar refractivity (Wildman–Crippen MR) is 292 cm³/mol. The maximum atomic E-state index is 11.9. The minimum Gasteiger partial charge on any atom is -0.507 e. The average molecular weight is 1120 g/mol. The van der Waals surface area contributed by atoms with Gasteiger partial charge in [-0.1, -0.05) is 116 Å². The first-order valence-corrected chi connectivity index (χ1v) is 25.3. The molecule has 0 saturated carbocycles. The minimum atomic E-state index is -0.0795. The topological polar surface area (TPSA) is 71.2 Å². The zero-order valence-corrected chi connectivity index (χ0v) is 44.7. The second kappa shape index (κ2) is 17.2. The van der Waals surface area contributed by atoms with Crippen molar-refractivity contribution in [1.82, 2.24) is 14.5 Å². The Morgan fingerprint density at radius 2 is 0.722 bits per heavy atom. The number of rotatable bonds is 5. The van der Waals surface area contributed by atoms with Crippen molar-refractivity contribution in [3.8, 4) is 107 Å². The molecular weight excluding hydrogens is 1060 g/mol. The quantitative estimate of drug-likeness (QED) is 0.180. The van der Waals surface area contributed by atoms with Crippen LogP contribution >= 0.6 is 0 Å². The van der Waals surface area contributed by atoms with E-state index >= 15 is 0 Å². The fourth-order valence-electron chi connectivity index (χ4n) is 12.3. The number of imidazole rings is 1. The summed E-state index contributed by atoms with van der Waals surface area (Å²) in [6.45, 7) is 19.3. The summed E-state index contributed by atoms with van der Waals surface area (Å²) in [6, 6.07) is 51.5. The number of benzene rings is 7. The van der Waals surface area contributed by atoms with E-state index < -0.39 is 0 Å². The molecule has 0 bridgehead atoms. The molecule has 0 saturated heterocycles. The van der Waals surface area contributed by atoms with Gasteiger partial charge in [0.05, 0.1) is 5.69 Å². The first-order valence-electron chi connectivity index (χ1n) is 25.3. The van der Waals surface area contributed by atoms with Gasteiger partial charge in [0.25, 0.3) is 0 Å². The molecule has 3 aliphatic carbocycles. The summed E-state index contributed by atoms with van der Waals surface area (Å²) in [5, 5.41) is 23.7. The predicted octanol–water partition coefficient (Wildman–Crippen LogP) is 17.0. The molecule has 0 fully saturated rings. The van der Waals surface area contributed by atoms with Crippen LogP contribution < -0.4 is 0 Å². The van der Waals surface area contributed by atoms with Gasteiger partial charge >= 0.3 is 0 Å². The van der Waals surface area contributed by atoms with Gasteiger partial charge in [0.15, 0.2) is 0 Å². The van der Waals surface area contributed by atoms with Crippen LogP contribution in [0.1, 0.15) is 103 Å². The van der Waals surface area contributed by atoms with Crippen molar-refractivity contribution in [2.75, 3.05) is 0 Å². The molecule has 2 aromatic heterocycles. The summed E-state index contributed by atoms with van der Waals surface area (Å²) in [5.41, 5.74) is 21.3. The smallest absolute Gasteiger partial charge is 0.145 e. The Morgan fingerprint density at radius 3 is 1.15 bits per heavy atom. The maximum absolute atomic E-state index is 11.9. The van der Waals surface area contributed by atoms with Gasteiger partial charge in [0, 0.05) is 67.6 Å². The van der Waals surface area contributed by atoms with Gasteiger partial charge in [-0.15, -0.1) is 0 Å². The normalized spacial score (nSPS) is 16.3. The summed E-state index contributed by atoms with van der Waals surface area (Å²) >= 11 is 0. The number of pyridine rings is 1. The van der Waals surface area contributed by atoms with E-state index in [0.717, 1.165) is 121 Å². The van der Waals surface area contributed by atoms with Gasteiger partial charge in [-0.25, -0.2) is 4.98 Å². The van der Waals surface area contributed by atoms with Crippen molar-refractivity contribution in [3.05, 3.63) is 186 Å². The van der Waals surface area contributed by atoms with Crippen molar-refractivity contribution in [1.29, 1.82) is 0 Å². The molecule has 0 radical (unpaired) electrons. The fraction of sp³-hybridized carbons (Fsp3) is 0.242. The first-order chi connectivity index (χ1) is 34.0. The van der Waals surface area contributed by atoms with Gasteiger partial charge in [0.1, 0.15) is 17.3 Å². The molecule has 6 heteroatoms. The van der Waals surface area contributed by atoms with E-state index in [4.69, 9.17) is 9.97 Å². The summed E-state index contributed by atoms with van der Waals surface area (Å²) in [4.78, 5) is 10.2. The number of hydrogen-bond donors (Lipinski definition) is 2. The monoisotopic (exact) mass is 1120 g/mol. The molecule has 0 amide bonds.